The summed E-state index contributed by atoms with van der Waals surface area (Å²) in [7, 11) is 0. The van der Waals surface area contributed by atoms with Gasteiger partial charge >= 0.3 is 11.9 Å². The average Bonchev–Trinajstić information content (AvgIpc) is 2.34. The van der Waals surface area contributed by atoms with Gasteiger partial charge in [0.2, 0.25) is 0 Å². The van der Waals surface area contributed by atoms with Crippen LogP contribution in [0.15, 0.2) is 23.5 Å². The molecule has 1 aliphatic carbocycles. The maximum atomic E-state index is 10.8. The standard InChI is InChI=1S/C12H16O5/c1-2-11(13)17-8-7-16-10-5-3-9(4-6-10)12(14)15/h3,5H,2,4,6-8H2,1H3,(H,14,15). The molecule has 0 saturated carbocycles. The third-order valence-electron chi connectivity index (χ3n) is 2.31. The molecule has 5 heteroatoms. The van der Waals surface area contributed by atoms with Crippen LogP contribution in [0, 0.1) is 0 Å². The van der Waals surface area contributed by atoms with E-state index in [0.717, 1.165) is 5.76 Å². The zero-order valence-electron chi connectivity index (χ0n) is 9.77. The van der Waals surface area contributed by atoms with Gasteiger partial charge in [0.05, 0.1) is 5.76 Å². The number of hydrogen-bond acceptors (Lipinski definition) is 4. The molecule has 17 heavy (non-hydrogen) atoms. The number of rotatable bonds is 6. The zero-order chi connectivity index (χ0) is 12.7. The Bertz CT molecular complexity index is 354. The molecule has 0 unspecified atom stereocenters. The van der Waals surface area contributed by atoms with Crippen molar-refractivity contribution in [3.05, 3.63) is 23.5 Å². The van der Waals surface area contributed by atoms with Crippen molar-refractivity contribution in [2.24, 2.45) is 0 Å². The number of carbonyl (C=O) groups is 2. The molecule has 1 N–H and O–H groups in total. The van der Waals surface area contributed by atoms with Crippen molar-refractivity contribution in [3.63, 3.8) is 0 Å². The number of allylic oxidation sites excluding steroid dienone is 3. The predicted molar refractivity (Wildman–Crippen MR) is 60.2 cm³/mol. The highest BCUT2D eigenvalue weighted by Gasteiger charge is 2.12. The quantitative estimate of drug-likeness (QED) is 0.564. The fourth-order valence-electron chi connectivity index (χ4n) is 1.35. The topological polar surface area (TPSA) is 72.8 Å². The number of hydrogen-bond donors (Lipinski definition) is 1. The molecule has 94 valence electrons. The van der Waals surface area contributed by atoms with E-state index in [9.17, 15) is 9.59 Å². The van der Waals surface area contributed by atoms with Gasteiger partial charge in [0.1, 0.15) is 13.2 Å². The SMILES string of the molecule is CCC(=O)OCCOC1=CC=C(C(=O)O)CC1. The lowest BCUT2D eigenvalue weighted by molar-refractivity contribution is -0.144. The highest BCUT2D eigenvalue weighted by atomic mass is 16.6. The third kappa shape index (κ3) is 4.72. The first-order valence-electron chi connectivity index (χ1n) is 5.55. The van der Waals surface area contributed by atoms with Crippen molar-refractivity contribution in [3.8, 4) is 0 Å². The Morgan fingerprint density at radius 1 is 1.29 bits per heavy atom. The fourth-order valence-corrected chi connectivity index (χ4v) is 1.35. The molecule has 0 heterocycles. The molecular formula is C12H16O5. The van der Waals surface area contributed by atoms with Gasteiger partial charge in [0, 0.05) is 18.4 Å². The summed E-state index contributed by atoms with van der Waals surface area (Å²) in [4.78, 5) is 21.4. The number of ether oxygens (including phenoxy) is 2. The first kappa shape index (κ1) is 13.3. The normalized spacial score (nSPS) is 14.6. The van der Waals surface area contributed by atoms with Gasteiger partial charge in [0.25, 0.3) is 0 Å². The predicted octanol–water partition coefficient (Wildman–Crippen LogP) is 1.64. The molecule has 0 radical (unpaired) electrons. The smallest absolute Gasteiger partial charge is 0.331 e. The van der Waals surface area contributed by atoms with Crippen LogP contribution in [0.3, 0.4) is 0 Å². The lowest BCUT2D eigenvalue weighted by Crippen LogP contribution is -2.11. The lowest BCUT2D eigenvalue weighted by atomic mass is 10.0. The largest absolute Gasteiger partial charge is 0.494 e. The Hall–Kier alpha value is -1.78. The molecule has 0 aromatic rings. The van der Waals surface area contributed by atoms with Crippen LogP contribution < -0.4 is 0 Å². The molecule has 0 spiro atoms. The van der Waals surface area contributed by atoms with Gasteiger partial charge in [-0.2, -0.15) is 0 Å². The van der Waals surface area contributed by atoms with Gasteiger partial charge in [0.15, 0.2) is 0 Å². The van der Waals surface area contributed by atoms with E-state index in [1.54, 1.807) is 19.1 Å². The number of carboxylic acids is 1. The molecule has 0 fully saturated rings. The van der Waals surface area contributed by atoms with E-state index in [1.807, 2.05) is 0 Å². The van der Waals surface area contributed by atoms with Gasteiger partial charge in [-0.1, -0.05) is 6.92 Å². The third-order valence-corrected chi connectivity index (χ3v) is 2.31. The summed E-state index contributed by atoms with van der Waals surface area (Å²) in [6.45, 7) is 2.25. The molecule has 5 nitrogen and oxygen atoms in total. The van der Waals surface area contributed by atoms with Crippen LogP contribution in [0.2, 0.25) is 0 Å². The Balaban J connectivity index is 2.25. The van der Waals surface area contributed by atoms with Crippen LogP contribution in [-0.2, 0) is 19.1 Å². The van der Waals surface area contributed by atoms with Gasteiger partial charge in [-0.05, 0) is 18.6 Å². The summed E-state index contributed by atoms with van der Waals surface area (Å²) in [5.41, 5.74) is 0.384. The Morgan fingerprint density at radius 2 is 2.06 bits per heavy atom. The van der Waals surface area contributed by atoms with Crippen LogP contribution in [-0.4, -0.2) is 30.3 Å². The van der Waals surface area contributed by atoms with Crippen molar-refractivity contribution in [1.82, 2.24) is 0 Å². The Labute approximate surface area is 99.7 Å². The molecule has 0 aromatic carbocycles. The highest BCUT2D eigenvalue weighted by molar-refractivity contribution is 5.87. The molecular weight excluding hydrogens is 224 g/mol. The second-order valence-electron chi connectivity index (χ2n) is 3.55. The minimum Gasteiger partial charge on any atom is -0.494 e. The zero-order valence-corrected chi connectivity index (χ0v) is 9.77. The van der Waals surface area contributed by atoms with Crippen molar-refractivity contribution in [2.45, 2.75) is 26.2 Å². The number of esters is 1. The summed E-state index contributed by atoms with van der Waals surface area (Å²) in [5, 5.41) is 8.73. The lowest BCUT2D eigenvalue weighted by Gasteiger charge is -2.13. The van der Waals surface area contributed by atoms with Gasteiger partial charge in [-0.15, -0.1) is 0 Å². The maximum Gasteiger partial charge on any atom is 0.331 e. The molecule has 0 amide bonds. The summed E-state index contributed by atoms with van der Waals surface area (Å²) in [5.74, 6) is -0.418. The van der Waals surface area contributed by atoms with Gasteiger partial charge < -0.3 is 14.6 Å². The van der Waals surface area contributed by atoms with Crippen molar-refractivity contribution >= 4 is 11.9 Å². The van der Waals surface area contributed by atoms with E-state index in [1.165, 1.54) is 0 Å². The molecule has 0 bridgehead atoms. The van der Waals surface area contributed by atoms with Gasteiger partial charge in [-0.3, -0.25) is 4.79 Å². The average molecular weight is 240 g/mol. The van der Waals surface area contributed by atoms with Crippen LogP contribution >= 0.6 is 0 Å². The van der Waals surface area contributed by atoms with Crippen molar-refractivity contribution in [2.75, 3.05) is 13.2 Å². The first-order chi connectivity index (χ1) is 8.13. The van der Waals surface area contributed by atoms with Crippen molar-refractivity contribution < 1.29 is 24.2 Å². The number of carbonyl (C=O) groups excluding carboxylic acids is 1. The minimum atomic E-state index is -0.892. The second-order valence-corrected chi connectivity index (χ2v) is 3.55. The number of aliphatic carboxylic acids is 1. The molecule has 0 aliphatic heterocycles. The van der Waals surface area contributed by atoms with E-state index >= 15 is 0 Å². The summed E-state index contributed by atoms with van der Waals surface area (Å²) in [6, 6.07) is 0. The fraction of sp³-hybridized carbons (Fsp3) is 0.500. The molecule has 1 aliphatic rings. The highest BCUT2D eigenvalue weighted by Crippen LogP contribution is 2.19. The van der Waals surface area contributed by atoms with Crippen LogP contribution in [0.1, 0.15) is 26.2 Å². The molecule has 0 saturated heterocycles. The van der Waals surface area contributed by atoms with Crippen LogP contribution in [0.25, 0.3) is 0 Å². The van der Waals surface area contributed by atoms with Crippen molar-refractivity contribution in [1.29, 1.82) is 0 Å². The van der Waals surface area contributed by atoms with E-state index in [-0.39, 0.29) is 12.6 Å². The minimum absolute atomic E-state index is 0.222. The Morgan fingerprint density at radius 3 is 2.59 bits per heavy atom. The van der Waals surface area contributed by atoms with E-state index in [4.69, 9.17) is 14.6 Å². The van der Waals surface area contributed by atoms with E-state index in [2.05, 4.69) is 0 Å². The van der Waals surface area contributed by atoms with Gasteiger partial charge in [-0.25, -0.2) is 4.79 Å². The van der Waals surface area contributed by atoms with E-state index < -0.39 is 5.97 Å². The molecule has 1 rings (SSSR count). The van der Waals surface area contributed by atoms with E-state index in [0.29, 0.717) is 31.4 Å². The monoisotopic (exact) mass is 240 g/mol. The summed E-state index contributed by atoms with van der Waals surface area (Å²) >= 11 is 0. The maximum absolute atomic E-state index is 10.8. The second kappa shape index (κ2) is 6.73. The molecule has 0 aromatic heterocycles. The van der Waals surface area contributed by atoms with Crippen LogP contribution in [0.4, 0.5) is 0 Å². The first-order valence-corrected chi connectivity index (χ1v) is 5.55. The van der Waals surface area contributed by atoms with Crippen LogP contribution in [0.5, 0.6) is 0 Å². The summed E-state index contributed by atoms with van der Waals surface area (Å²) in [6.07, 6.45) is 4.58. The Kier molecular flexibility index (Phi) is 5.26. The summed E-state index contributed by atoms with van der Waals surface area (Å²) < 4.78 is 10.2. The molecule has 0 atom stereocenters. The number of carboxylic acid groups (broad SMARTS) is 1.